The molecule has 18 heavy (non-hydrogen) atoms. The van der Waals surface area contributed by atoms with Crippen molar-refractivity contribution < 1.29 is 0 Å². The summed E-state index contributed by atoms with van der Waals surface area (Å²) >= 11 is 0. The zero-order valence-electron chi connectivity index (χ0n) is 11.9. The van der Waals surface area contributed by atoms with Crippen LogP contribution in [0, 0.1) is 0 Å². The van der Waals surface area contributed by atoms with Crippen molar-refractivity contribution in [1.82, 2.24) is 5.32 Å². The second-order valence-corrected chi connectivity index (χ2v) is 5.55. The highest BCUT2D eigenvalue weighted by molar-refractivity contribution is 5.28. The molecular formula is C17H27N. The molecule has 0 amide bonds. The van der Waals surface area contributed by atoms with E-state index in [1.807, 2.05) is 0 Å². The van der Waals surface area contributed by atoms with Gasteiger partial charge in [0, 0.05) is 6.04 Å². The first-order chi connectivity index (χ1) is 8.85. The van der Waals surface area contributed by atoms with Crippen molar-refractivity contribution in [2.45, 2.75) is 64.3 Å². The summed E-state index contributed by atoms with van der Waals surface area (Å²) in [6, 6.07) is 9.95. The number of nitrogens with one attached hydrogen (secondary N) is 1. The Morgan fingerprint density at radius 2 is 1.89 bits per heavy atom. The van der Waals surface area contributed by atoms with Gasteiger partial charge in [0.05, 0.1) is 0 Å². The predicted molar refractivity (Wildman–Crippen MR) is 79.0 cm³/mol. The van der Waals surface area contributed by atoms with Crippen molar-refractivity contribution in [3.8, 4) is 0 Å². The number of benzene rings is 1. The molecule has 0 spiro atoms. The maximum absolute atomic E-state index is 3.61. The van der Waals surface area contributed by atoms with Crippen LogP contribution < -0.4 is 5.32 Å². The van der Waals surface area contributed by atoms with Gasteiger partial charge in [0.1, 0.15) is 0 Å². The standard InChI is InChI=1S/C17H27N/c1-3-5-9-17(18-4-2)16-12-10-15(11-13-16)14-7-6-8-14/h10-14,17-18H,3-9H2,1-2H3. The van der Waals surface area contributed by atoms with Gasteiger partial charge in [-0.1, -0.05) is 57.4 Å². The smallest absolute Gasteiger partial charge is 0.0320 e. The van der Waals surface area contributed by atoms with Gasteiger partial charge in [0.2, 0.25) is 0 Å². The molecule has 1 nitrogen and oxygen atoms in total. The van der Waals surface area contributed by atoms with E-state index in [1.165, 1.54) is 44.1 Å². The van der Waals surface area contributed by atoms with Crippen LogP contribution in [0.25, 0.3) is 0 Å². The highest BCUT2D eigenvalue weighted by Gasteiger charge is 2.19. The second kappa shape index (κ2) is 6.94. The molecule has 1 aromatic carbocycles. The lowest BCUT2D eigenvalue weighted by molar-refractivity contribution is 0.419. The molecule has 2 rings (SSSR count). The molecule has 100 valence electrons. The molecule has 0 bridgehead atoms. The van der Waals surface area contributed by atoms with E-state index in [0.717, 1.165) is 12.5 Å². The van der Waals surface area contributed by atoms with E-state index in [2.05, 4.69) is 43.4 Å². The number of unbranched alkanes of at least 4 members (excludes halogenated alkanes) is 1. The largest absolute Gasteiger partial charge is 0.310 e. The van der Waals surface area contributed by atoms with Crippen molar-refractivity contribution in [2.24, 2.45) is 0 Å². The van der Waals surface area contributed by atoms with E-state index in [0.29, 0.717) is 6.04 Å². The lowest BCUT2D eigenvalue weighted by Crippen LogP contribution is -2.21. The lowest BCUT2D eigenvalue weighted by atomic mass is 9.80. The molecule has 0 heterocycles. The van der Waals surface area contributed by atoms with E-state index in [1.54, 1.807) is 5.56 Å². The first-order valence-corrected chi connectivity index (χ1v) is 7.68. The first kappa shape index (κ1) is 13.6. The summed E-state index contributed by atoms with van der Waals surface area (Å²) in [5, 5.41) is 3.61. The summed E-state index contributed by atoms with van der Waals surface area (Å²) in [6.45, 7) is 5.52. The van der Waals surface area contributed by atoms with Gasteiger partial charge in [-0.2, -0.15) is 0 Å². The monoisotopic (exact) mass is 245 g/mol. The van der Waals surface area contributed by atoms with Crippen LogP contribution >= 0.6 is 0 Å². The summed E-state index contributed by atoms with van der Waals surface area (Å²) in [5.41, 5.74) is 3.02. The van der Waals surface area contributed by atoms with Crippen LogP contribution in [0.1, 0.15) is 75.5 Å². The average molecular weight is 245 g/mol. The van der Waals surface area contributed by atoms with Gasteiger partial charge in [-0.3, -0.25) is 0 Å². The zero-order chi connectivity index (χ0) is 12.8. The van der Waals surface area contributed by atoms with Gasteiger partial charge in [-0.25, -0.2) is 0 Å². The van der Waals surface area contributed by atoms with Crippen molar-refractivity contribution in [1.29, 1.82) is 0 Å². The van der Waals surface area contributed by atoms with Crippen molar-refractivity contribution in [3.05, 3.63) is 35.4 Å². The Balaban J connectivity index is 1.99. The third-order valence-corrected chi connectivity index (χ3v) is 4.21. The summed E-state index contributed by atoms with van der Waals surface area (Å²) in [6.07, 6.45) is 8.05. The molecule has 1 atom stereocenters. The molecular weight excluding hydrogens is 218 g/mol. The molecule has 1 aromatic rings. The van der Waals surface area contributed by atoms with Gasteiger partial charge >= 0.3 is 0 Å². The van der Waals surface area contributed by atoms with Crippen LogP contribution in [-0.4, -0.2) is 6.54 Å². The van der Waals surface area contributed by atoms with Gasteiger partial charge < -0.3 is 5.32 Å². The van der Waals surface area contributed by atoms with Crippen LogP contribution in [0.15, 0.2) is 24.3 Å². The fraction of sp³-hybridized carbons (Fsp3) is 0.647. The van der Waals surface area contributed by atoms with E-state index in [-0.39, 0.29) is 0 Å². The molecule has 0 radical (unpaired) electrons. The van der Waals surface area contributed by atoms with Gasteiger partial charge in [-0.15, -0.1) is 0 Å². The van der Waals surface area contributed by atoms with Gasteiger partial charge in [-0.05, 0) is 42.9 Å². The Bertz CT molecular complexity index is 337. The van der Waals surface area contributed by atoms with Crippen LogP contribution in [0.2, 0.25) is 0 Å². The van der Waals surface area contributed by atoms with Crippen LogP contribution in [0.3, 0.4) is 0 Å². The van der Waals surface area contributed by atoms with Gasteiger partial charge in [0.15, 0.2) is 0 Å². The normalized spacial score (nSPS) is 17.4. The van der Waals surface area contributed by atoms with Crippen LogP contribution in [0.5, 0.6) is 0 Å². The van der Waals surface area contributed by atoms with E-state index in [9.17, 15) is 0 Å². The second-order valence-electron chi connectivity index (χ2n) is 5.55. The Hall–Kier alpha value is -0.820. The first-order valence-electron chi connectivity index (χ1n) is 7.68. The highest BCUT2D eigenvalue weighted by atomic mass is 14.9. The summed E-state index contributed by atoms with van der Waals surface area (Å²) in [5.74, 6) is 0.854. The van der Waals surface area contributed by atoms with Crippen molar-refractivity contribution >= 4 is 0 Å². The quantitative estimate of drug-likeness (QED) is 0.728. The fourth-order valence-corrected chi connectivity index (χ4v) is 2.78. The molecule has 0 aromatic heterocycles. The Morgan fingerprint density at radius 3 is 2.39 bits per heavy atom. The average Bonchev–Trinajstić information content (AvgIpc) is 2.33. The van der Waals surface area contributed by atoms with E-state index >= 15 is 0 Å². The van der Waals surface area contributed by atoms with E-state index in [4.69, 9.17) is 0 Å². The summed E-state index contributed by atoms with van der Waals surface area (Å²) in [7, 11) is 0. The minimum atomic E-state index is 0.547. The molecule has 1 saturated carbocycles. The molecule has 1 fully saturated rings. The van der Waals surface area contributed by atoms with Gasteiger partial charge in [0.25, 0.3) is 0 Å². The maximum Gasteiger partial charge on any atom is 0.0320 e. The van der Waals surface area contributed by atoms with Crippen molar-refractivity contribution in [2.75, 3.05) is 6.54 Å². The Kier molecular flexibility index (Phi) is 5.25. The number of rotatable bonds is 7. The summed E-state index contributed by atoms with van der Waals surface area (Å²) in [4.78, 5) is 0. The maximum atomic E-state index is 3.61. The molecule has 1 N–H and O–H groups in total. The fourth-order valence-electron chi connectivity index (χ4n) is 2.78. The topological polar surface area (TPSA) is 12.0 Å². The third-order valence-electron chi connectivity index (χ3n) is 4.21. The Morgan fingerprint density at radius 1 is 1.17 bits per heavy atom. The van der Waals surface area contributed by atoms with Crippen LogP contribution in [0.4, 0.5) is 0 Å². The molecule has 1 unspecified atom stereocenters. The third kappa shape index (κ3) is 3.35. The Labute approximate surface area is 112 Å². The molecule has 1 heteroatoms. The molecule has 0 aliphatic heterocycles. The lowest BCUT2D eigenvalue weighted by Gasteiger charge is -2.26. The SMILES string of the molecule is CCCCC(NCC)c1ccc(C2CCC2)cc1. The van der Waals surface area contributed by atoms with Crippen molar-refractivity contribution in [3.63, 3.8) is 0 Å². The van der Waals surface area contributed by atoms with Crippen LogP contribution in [-0.2, 0) is 0 Å². The minimum Gasteiger partial charge on any atom is -0.310 e. The predicted octanol–water partition coefficient (Wildman–Crippen LogP) is 4.79. The number of hydrogen-bond donors (Lipinski definition) is 1. The summed E-state index contributed by atoms with van der Waals surface area (Å²) < 4.78 is 0. The minimum absolute atomic E-state index is 0.547. The zero-order valence-corrected chi connectivity index (χ0v) is 11.9. The molecule has 1 aliphatic rings. The highest BCUT2D eigenvalue weighted by Crippen LogP contribution is 2.36. The molecule has 1 aliphatic carbocycles. The molecule has 0 saturated heterocycles. The van der Waals surface area contributed by atoms with E-state index < -0.39 is 0 Å². The number of hydrogen-bond acceptors (Lipinski definition) is 1.